The molecule has 0 unspecified atom stereocenters. The Kier molecular flexibility index (Phi) is 8.72. The van der Waals surface area contributed by atoms with Gasteiger partial charge in [0.2, 0.25) is 0 Å². The number of hydrogen-bond acceptors (Lipinski definition) is 0. The Morgan fingerprint density at radius 1 is 0.600 bits per heavy atom. The smallest absolute Gasteiger partial charge is 0.126 e. The van der Waals surface area contributed by atoms with E-state index in [1.165, 1.54) is 49.7 Å². The van der Waals surface area contributed by atoms with Gasteiger partial charge in [0.1, 0.15) is 5.82 Å². The number of rotatable bonds is 11. The van der Waals surface area contributed by atoms with Gasteiger partial charge >= 0.3 is 0 Å². The van der Waals surface area contributed by atoms with Crippen LogP contribution in [0, 0.1) is 5.82 Å². The standard InChI is InChI=1S/C24H33F/c1-3-5-7-9-20-11-13-21(14-12-20)15-16-22-17-18-23(24(25)19-22)10-8-6-4-2/h11-14,17-19H,3-10,15-16H2,1-2H3. The van der Waals surface area contributed by atoms with Crippen molar-refractivity contribution in [2.45, 2.75) is 78.1 Å². The molecule has 0 aromatic heterocycles. The van der Waals surface area contributed by atoms with Gasteiger partial charge in [0.25, 0.3) is 0 Å². The first-order chi connectivity index (χ1) is 12.2. The lowest BCUT2D eigenvalue weighted by Crippen LogP contribution is -1.96. The number of halogens is 1. The lowest BCUT2D eigenvalue weighted by atomic mass is 9.99. The van der Waals surface area contributed by atoms with Gasteiger partial charge in [-0.2, -0.15) is 0 Å². The lowest BCUT2D eigenvalue weighted by molar-refractivity contribution is 0.596. The van der Waals surface area contributed by atoms with Crippen LogP contribution in [-0.2, 0) is 25.7 Å². The van der Waals surface area contributed by atoms with Crippen LogP contribution in [0.15, 0.2) is 42.5 Å². The predicted octanol–water partition coefficient (Wildman–Crippen LogP) is 7.08. The number of hydrogen-bond donors (Lipinski definition) is 0. The van der Waals surface area contributed by atoms with E-state index in [1.54, 1.807) is 6.07 Å². The summed E-state index contributed by atoms with van der Waals surface area (Å²) in [6, 6.07) is 14.8. The summed E-state index contributed by atoms with van der Waals surface area (Å²) in [7, 11) is 0. The molecule has 0 saturated heterocycles. The fraction of sp³-hybridized carbons (Fsp3) is 0.500. The van der Waals surface area contributed by atoms with Crippen molar-refractivity contribution in [3.05, 3.63) is 70.5 Å². The third kappa shape index (κ3) is 7.02. The molecule has 0 saturated carbocycles. The minimum atomic E-state index is -0.0279. The highest BCUT2D eigenvalue weighted by molar-refractivity contribution is 5.27. The van der Waals surface area contributed by atoms with Crippen LogP contribution in [0.2, 0.25) is 0 Å². The van der Waals surface area contributed by atoms with Gasteiger partial charge in [-0.1, -0.05) is 75.9 Å². The van der Waals surface area contributed by atoms with Crippen molar-refractivity contribution in [2.24, 2.45) is 0 Å². The van der Waals surface area contributed by atoms with E-state index >= 15 is 0 Å². The monoisotopic (exact) mass is 340 g/mol. The van der Waals surface area contributed by atoms with Crippen LogP contribution in [-0.4, -0.2) is 0 Å². The molecule has 2 aromatic rings. The molecule has 0 nitrogen and oxygen atoms in total. The fourth-order valence-electron chi connectivity index (χ4n) is 3.25. The molecular weight excluding hydrogens is 307 g/mol. The zero-order valence-electron chi connectivity index (χ0n) is 16.0. The van der Waals surface area contributed by atoms with E-state index in [0.29, 0.717) is 0 Å². The average Bonchev–Trinajstić information content (AvgIpc) is 2.63. The first-order valence-electron chi connectivity index (χ1n) is 10.1. The maximum atomic E-state index is 14.2. The second-order valence-electron chi connectivity index (χ2n) is 7.16. The van der Waals surface area contributed by atoms with Crippen molar-refractivity contribution in [3.8, 4) is 0 Å². The van der Waals surface area contributed by atoms with Crippen LogP contribution in [0.5, 0.6) is 0 Å². The highest BCUT2D eigenvalue weighted by Crippen LogP contribution is 2.16. The van der Waals surface area contributed by atoms with E-state index in [-0.39, 0.29) is 5.82 Å². The van der Waals surface area contributed by atoms with E-state index in [0.717, 1.165) is 36.8 Å². The molecule has 0 fully saturated rings. The Bertz CT molecular complexity index is 612. The highest BCUT2D eigenvalue weighted by atomic mass is 19.1. The second kappa shape index (κ2) is 11.1. The van der Waals surface area contributed by atoms with E-state index in [9.17, 15) is 4.39 Å². The van der Waals surface area contributed by atoms with E-state index in [4.69, 9.17) is 0 Å². The van der Waals surface area contributed by atoms with Crippen LogP contribution in [0.25, 0.3) is 0 Å². The van der Waals surface area contributed by atoms with Gasteiger partial charge in [-0.15, -0.1) is 0 Å². The van der Waals surface area contributed by atoms with Crippen molar-refractivity contribution >= 4 is 0 Å². The summed E-state index contributed by atoms with van der Waals surface area (Å²) in [6.45, 7) is 4.42. The zero-order valence-corrected chi connectivity index (χ0v) is 16.0. The van der Waals surface area contributed by atoms with Gasteiger partial charge in [-0.05, 0) is 66.8 Å². The SMILES string of the molecule is CCCCCc1ccc(CCc2ccc(CCCCC)c(F)c2)cc1. The molecule has 0 heterocycles. The van der Waals surface area contributed by atoms with Crippen molar-refractivity contribution in [2.75, 3.05) is 0 Å². The Hall–Kier alpha value is -1.63. The first-order valence-corrected chi connectivity index (χ1v) is 10.1. The van der Waals surface area contributed by atoms with Crippen LogP contribution in [0.1, 0.15) is 74.6 Å². The number of aryl methyl sites for hydroxylation is 4. The summed E-state index contributed by atoms with van der Waals surface area (Å²) in [5.41, 5.74) is 4.74. The Morgan fingerprint density at radius 3 is 1.72 bits per heavy atom. The molecule has 2 rings (SSSR count). The molecule has 0 radical (unpaired) electrons. The molecule has 0 bridgehead atoms. The summed E-state index contributed by atoms with van der Waals surface area (Å²) >= 11 is 0. The molecule has 0 aliphatic heterocycles. The number of unbranched alkanes of at least 4 members (excludes halogenated alkanes) is 4. The van der Waals surface area contributed by atoms with Crippen molar-refractivity contribution in [1.29, 1.82) is 0 Å². The van der Waals surface area contributed by atoms with E-state index < -0.39 is 0 Å². The van der Waals surface area contributed by atoms with Gasteiger partial charge in [0.15, 0.2) is 0 Å². The molecule has 0 amide bonds. The van der Waals surface area contributed by atoms with Crippen molar-refractivity contribution in [3.63, 3.8) is 0 Å². The third-order valence-electron chi connectivity index (χ3n) is 4.96. The van der Waals surface area contributed by atoms with Gasteiger partial charge in [-0.3, -0.25) is 0 Å². The van der Waals surface area contributed by atoms with E-state index in [2.05, 4.69) is 44.2 Å². The molecule has 25 heavy (non-hydrogen) atoms. The van der Waals surface area contributed by atoms with Gasteiger partial charge in [0.05, 0.1) is 0 Å². The summed E-state index contributed by atoms with van der Waals surface area (Å²) in [5, 5.41) is 0. The molecule has 1 heteroatoms. The third-order valence-corrected chi connectivity index (χ3v) is 4.96. The fourth-order valence-corrected chi connectivity index (χ4v) is 3.25. The van der Waals surface area contributed by atoms with Crippen LogP contribution in [0.3, 0.4) is 0 Å². The summed E-state index contributed by atoms with van der Waals surface area (Å²) < 4.78 is 14.2. The highest BCUT2D eigenvalue weighted by Gasteiger charge is 2.04. The molecule has 136 valence electrons. The largest absolute Gasteiger partial charge is 0.207 e. The summed E-state index contributed by atoms with van der Waals surface area (Å²) in [4.78, 5) is 0. The van der Waals surface area contributed by atoms with Crippen molar-refractivity contribution in [1.82, 2.24) is 0 Å². The first kappa shape index (κ1) is 19.7. The zero-order chi connectivity index (χ0) is 17.9. The Balaban J connectivity index is 1.83. The minimum absolute atomic E-state index is 0.0279. The Labute approximate surface area is 153 Å². The van der Waals surface area contributed by atoms with Crippen molar-refractivity contribution < 1.29 is 4.39 Å². The summed E-state index contributed by atoms with van der Waals surface area (Å²) in [6.07, 6.45) is 11.2. The van der Waals surface area contributed by atoms with E-state index in [1.807, 2.05) is 6.07 Å². The maximum Gasteiger partial charge on any atom is 0.126 e. The van der Waals surface area contributed by atoms with Crippen LogP contribution >= 0.6 is 0 Å². The summed E-state index contributed by atoms with van der Waals surface area (Å²) in [5.74, 6) is -0.0279. The quantitative estimate of drug-likeness (QED) is 0.383. The molecular formula is C24H33F. The van der Waals surface area contributed by atoms with Crippen LogP contribution in [0.4, 0.5) is 4.39 Å². The molecule has 0 aliphatic rings. The topological polar surface area (TPSA) is 0 Å². The normalized spacial score (nSPS) is 11.0. The predicted molar refractivity (Wildman–Crippen MR) is 107 cm³/mol. The molecule has 0 atom stereocenters. The maximum absolute atomic E-state index is 14.2. The second-order valence-corrected chi connectivity index (χ2v) is 7.16. The van der Waals surface area contributed by atoms with Crippen LogP contribution < -0.4 is 0 Å². The molecule has 2 aromatic carbocycles. The van der Waals surface area contributed by atoms with Gasteiger partial charge in [-0.25, -0.2) is 4.39 Å². The lowest BCUT2D eigenvalue weighted by Gasteiger charge is -2.07. The Morgan fingerprint density at radius 2 is 1.12 bits per heavy atom. The molecule has 0 N–H and O–H groups in total. The molecule has 0 aliphatic carbocycles. The average molecular weight is 341 g/mol. The number of benzene rings is 2. The minimum Gasteiger partial charge on any atom is -0.207 e. The van der Waals surface area contributed by atoms with Gasteiger partial charge in [0, 0.05) is 0 Å². The van der Waals surface area contributed by atoms with Gasteiger partial charge < -0.3 is 0 Å². The molecule has 0 spiro atoms.